The fraction of sp³-hybridized carbons (Fsp3) is 0.263. The van der Waals surface area contributed by atoms with Crippen LogP contribution in [0.4, 0.5) is 5.69 Å². The second-order valence-corrected chi connectivity index (χ2v) is 7.53. The van der Waals surface area contributed by atoms with Crippen molar-refractivity contribution in [3.63, 3.8) is 0 Å². The zero-order chi connectivity index (χ0) is 18.8. The predicted molar refractivity (Wildman–Crippen MR) is 104 cm³/mol. The molecule has 1 aliphatic heterocycles. The molecular weight excluding hydrogens is 364 g/mol. The first-order valence-corrected chi connectivity index (χ1v) is 9.53. The van der Waals surface area contributed by atoms with Crippen molar-refractivity contribution in [3.05, 3.63) is 69.2 Å². The molecule has 0 atom stereocenters. The average Bonchev–Trinajstić information content (AvgIpc) is 3.10. The average molecular weight is 382 g/mol. The standard InChI is InChI=1S/C19H18N4O3S/c24-19(14-5-1-3-7-16(14)23(25)26)22-11-9-21(10-12-22)13-18-20-15-6-2-4-8-17(15)27-18/h1-8H,9-13H2. The summed E-state index contributed by atoms with van der Waals surface area (Å²) in [5, 5.41) is 12.2. The van der Waals surface area contributed by atoms with Gasteiger partial charge in [-0.25, -0.2) is 4.98 Å². The first-order chi connectivity index (χ1) is 13.1. The Balaban J connectivity index is 1.40. The molecule has 1 aliphatic rings. The van der Waals surface area contributed by atoms with Crippen LogP contribution in [0.1, 0.15) is 15.4 Å². The summed E-state index contributed by atoms with van der Waals surface area (Å²) in [4.78, 5) is 32.0. The van der Waals surface area contributed by atoms with Crippen molar-refractivity contribution in [2.75, 3.05) is 26.2 Å². The molecule has 3 aromatic rings. The number of fused-ring (bicyclic) bond motifs is 1. The van der Waals surface area contributed by atoms with Crippen LogP contribution in [0, 0.1) is 10.1 Å². The van der Waals surface area contributed by atoms with Crippen molar-refractivity contribution in [2.45, 2.75) is 6.54 Å². The molecule has 2 aromatic carbocycles. The minimum Gasteiger partial charge on any atom is -0.336 e. The topological polar surface area (TPSA) is 79.6 Å². The molecule has 8 heteroatoms. The first kappa shape index (κ1) is 17.6. The van der Waals surface area contributed by atoms with Crippen molar-refractivity contribution in [3.8, 4) is 0 Å². The fourth-order valence-electron chi connectivity index (χ4n) is 3.27. The number of nitrogens with zero attached hydrogens (tertiary/aromatic N) is 4. The van der Waals surface area contributed by atoms with Crippen molar-refractivity contribution < 1.29 is 9.72 Å². The summed E-state index contributed by atoms with van der Waals surface area (Å²) in [5.41, 5.74) is 1.03. The number of benzene rings is 2. The molecule has 1 amide bonds. The third-order valence-corrected chi connectivity index (χ3v) is 5.71. The van der Waals surface area contributed by atoms with Gasteiger partial charge in [0.2, 0.25) is 0 Å². The Labute approximate surface area is 160 Å². The van der Waals surface area contributed by atoms with Crippen LogP contribution in [-0.2, 0) is 6.54 Å². The number of rotatable bonds is 4. The van der Waals surface area contributed by atoms with Gasteiger partial charge in [0.05, 0.1) is 21.7 Å². The highest BCUT2D eigenvalue weighted by Crippen LogP contribution is 2.24. The number of para-hydroxylation sites is 2. The lowest BCUT2D eigenvalue weighted by Crippen LogP contribution is -2.48. The number of hydrogen-bond donors (Lipinski definition) is 0. The number of nitro groups is 1. The van der Waals surface area contributed by atoms with Gasteiger partial charge in [-0.3, -0.25) is 19.8 Å². The zero-order valence-electron chi connectivity index (χ0n) is 14.6. The molecule has 0 spiro atoms. The predicted octanol–water partition coefficient (Wildman–Crippen LogP) is 3.16. The third kappa shape index (κ3) is 3.67. The van der Waals surface area contributed by atoms with Crippen molar-refractivity contribution in [1.29, 1.82) is 0 Å². The normalized spacial score (nSPS) is 15.2. The van der Waals surface area contributed by atoms with E-state index in [9.17, 15) is 14.9 Å². The van der Waals surface area contributed by atoms with E-state index in [0.717, 1.165) is 30.2 Å². The van der Waals surface area contributed by atoms with Gasteiger partial charge in [-0.15, -0.1) is 11.3 Å². The maximum Gasteiger partial charge on any atom is 0.282 e. The van der Waals surface area contributed by atoms with E-state index in [0.29, 0.717) is 13.1 Å². The second-order valence-electron chi connectivity index (χ2n) is 6.42. The molecule has 7 nitrogen and oxygen atoms in total. The van der Waals surface area contributed by atoms with Crippen LogP contribution in [0.2, 0.25) is 0 Å². The molecule has 0 unspecified atom stereocenters. The Morgan fingerprint density at radius 1 is 1.07 bits per heavy atom. The molecule has 2 heterocycles. The number of hydrogen-bond acceptors (Lipinski definition) is 6. The summed E-state index contributed by atoms with van der Waals surface area (Å²) in [7, 11) is 0. The lowest BCUT2D eigenvalue weighted by atomic mass is 10.1. The minimum absolute atomic E-state index is 0.139. The Hall–Kier alpha value is -2.84. The molecule has 1 fully saturated rings. The zero-order valence-corrected chi connectivity index (χ0v) is 15.4. The van der Waals surface area contributed by atoms with Crippen LogP contribution in [-0.4, -0.2) is 51.8 Å². The summed E-state index contributed by atoms with van der Waals surface area (Å²) in [6.07, 6.45) is 0. The summed E-state index contributed by atoms with van der Waals surface area (Å²) in [5.74, 6) is -0.276. The van der Waals surface area contributed by atoms with Crippen LogP contribution in [0.15, 0.2) is 48.5 Å². The lowest BCUT2D eigenvalue weighted by Gasteiger charge is -2.34. The molecular formula is C19H18N4O3S. The number of amides is 1. The molecule has 0 radical (unpaired) electrons. The molecule has 0 saturated carbocycles. The molecule has 138 valence electrons. The van der Waals surface area contributed by atoms with Gasteiger partial charge in [-0.2, -0.15) is 0 Å². The van der Waals surface area contributed by atoms with Crippen LogP contribution < -0.4 is 0 Å². The first-order valence-electron chi connectivity index (χ1n) is 8.71. The maximum atomic E-state index is 12.7. The van der Waals surface area contributed by atoms with Crippen LogP contribution >= 0.6 is 11.3 Å². The molecule has 0 aliphatic carbocycles. The highest BCUT2D eigenvalue weighted by atomic mass is 32.1. The number of thiazole rings is 1. The van der Waals surface area contributed by atoms with Crippen LogP contribution in [0.25, 0.3) is 10.2 Å². The van der Waals surface area contributed by atoms with E-state index >= 15 is 0 Å². The van der Waals surface area contributed by atoms with E-state index in [2.05, 4.69) is 16.0 Å². The summed E-state index contributed by atoms with van der Waals surface area (Å²) in [6, 6.07) is 14.2. The van der Waals surface area contributed by atoms with Gasteiger partial charge in [0, 0.05) is 32.2 Å². The molecule has 1 aromatic heterocycles. The van der Waals surface area contributed by atoms with Gasteiger partial charge in [-0.05, 0) is 18.2 Å². The highest BCUT2D eigenvalue weighted by molar-refractivity contribution is 7.18. The number of nitro benzene ring substituents is 1. The smallest absolute Gasteiger partial charge is 0.282 e. The Morgan fingerprint density at radius 2 is 1.78 bits per heavy atom. The number of aromatic nitrogens is 1. The quantitative estimate of drug-likeness (QED) is 0.511. The lowest BCUT2D eigenvalue weighted by molar-refractivity contribution is -0.385. The SMILES string of the molecule is O=C(c1ccccc1[N+](=O)[O-])N1CCN(Cc2nc3ccccc3s2)CC1. The van der Waals surface area contributed by atoms with E-state index in [4.69, 9.17) is 0 Å². The van der Waals surface area contributed by atoms with Crippen LogP contribution in [0.5, 0.6) is 0 Å². The largest absolute Gasteiger partial charge is 0.336 e. The van der Waals surface area contributed by atoms with Gasteiger partial charge in [0.25, 0.3) is 11.6 Å². The molecule has 4 rings (SSSR count). The second kappa shape index (κ2) is 7.42. The highest BCUT2D eigenvalue weighted by Gasteiger charge is 2.27. The molecule has 0 N–H and O–H groups in total. The number of carbonyl (C=O) groups is 1. The Kier molecular flexibility index (Phi) is 4.83. The molecule has 0 bridgehead atoms. The van der Waals surface area contributed by atoms with Gasteiger partial charge in [-0.1, -0.05) is 24.3 Å². The van der Waals surface area contributed by atoms with E-state index < -0.39 is 4.92 Å². The maximum absolute atomic E-state index is 12.7. The van der Waals surface area contributed by atoms with E-state index in [1.165, 1.54) is 16.8 Å². The van der Waals surface area contributed by atoms with E-state index in [1.807, 2.05) is 18.2 Å². The van der Waals surface area contributed by atoms with Gasteiger partial charge < -0.3 is 4.90 Å². The number of carbonyl (C=O) groups excluding carboxylic acids is 1. The van der Waals surface area contributed by atoms with Gasteiger partial charge in [0.15, 0.2) is 0 Å². The van der Waals surface area contributed by atoms with Crippen LogP contribution in [0.3, 0.4) is 0 Å². The summed E-state index contributed by atoms with van der Waals surface area (Å²) < 4.78 is 1.18. The molecule has 27 heavy (non-hydrogen) atoms. The minimum atomic E-state index is -0.503. The number of piperazine rings is 1. The monoisotopic (exact) mass is 382 g/mol. The van der Waals surface area contributed by atoms with Crippen molar-refractivity contribution in [1.82, 2.24) is 14.8 Å². The van der Waals surface area contributed by atoms with Gasteiger partial charge in [0.1, 0.15) is 10.6 Å². The molecule has 1 saturated heterocycles. The van der Waals surface area contributed by atoms with Crippen molar-refractivity contribution >= 4 is 33.1 Å². The summed E-state index contributed by atoms with van der Waals surface area (Å²) in [6.45, 7) is 3.31. The Morgan fingerprint density at radius 3 is 2.52 bits per heavy atom. The van der Waals surface area contributed by atoms with E-state index in [-0.39, 0.29) is 17.2 Å². The van der Waals surface area contributed by atoms with Gasteiger partial charge >= 0.3 is 0 Å². The summed E-state index contributed by atoms with van der Waals surface area (Å²) >= 11 is 1.69. The third-order valence-electron chi connectivity index (χ3n) is 4.69. The Bertz CT molecular complexity index is 962. The van der Waals surface area contributed by atoms with Crippen molar-refractivity contribution in [2.24, 2.45) is 0 Å². The fourth-order valence-corrected chi connectivity index (χ4v) is 4.28. The van der Waals surface area contributed by atoms with E-state index in [1.54, 1.807) is 28.4 Å².